The van der Waals surface area contributed by atoms with Gasteiger partial charge in [0.05, 0.1) is 23.7 Å². The lowest BCUT2D eigenvalue weighted by atomic mass is 10.1. The fourth-order valence-electron chi connectivity index (χ4n) is 4.78. The first-order valence-corrected chi connectivity index (χ1v) is 13.2. The van der Waals surface area contributed by atoms with E-state index in [1.165, 1.54) is 17.0 Å². The lowest BCUT2D eigenvalue weighted by Gasteiger charge is -2.38. The van der Waals surface area contributed by atoms with Crippen molar-refractivity contribution >= 4 is 50.9 Å². The molecule has 0 saturated carbocycles. The number of anilines is 2. The summed E-state index contributed by atoms with van der Waals surface area (Å²) in [7, 11) is 0. The van der Waals surface area contributed by atoms with E-state index in [2.05, 4.69) is 37.9 Å². The van der Waals surface area contributed by atoms with Gasteiger partial charge in [-0.05, 0) is 48.5 Å². The number of benzene rings is 3. The highest BCUT2D eigenvalue weighted by atomic mass is 79.9. The summed E-state index contributed by atoms with van der Waals surface area (Å²) in [5.41, 5.74) is 2.23. The average Bonchev–Trinajstić information content (AvgIpc) is 3.26. The molecule has 0 radical (unpaired) electrons. The molecule has 2 aliphatic rings. The maximum atomic E-state index is 13.2. The smallest absolute Gasteiger partial charge is 0.338 e. The molecule has 2 fully saturated rings. The summed E-state index contributed by atoms with van der Waals surface area (Å²) >= 11 is 3.31. The highest BCUT2D eigenvalue weighted by molar-refractivity contribution is 9.10. The molecule has 2 aliphatic heterocycles. The molecule has 0 spiro atoms. The number of ether oxygens (including phenoxy) is 1. The van der Waals surface area contributed by atoms with Crippen LogP contribution in [-0.2, 0) is 14.3 Å². The van der Waals surface area contributed by atoms with Crippen molar-refractivity contribution in [3.63, 3.8) is 0 Å². The van der Waals surface area contributed by atoms with Gasteiger partial charge in [-0.2, -0.15) is 0 Å². The van der Waals surface area contributed by atoms with E-state index in [9.17, 15) is 19.2 Å². The Bertz CT molecular complexity index is 1340. The number of carbonyl (C=O) groups excluding carboxylic acids is 4. The van der Waals surface area contributed by atoms with Gasteiger partial charge in [-0.25, -0.2) is 9.69 Å². The quantitative estimate of drug-likeness (QED) is 0.239. The Labute approximate surface area is 228 Å². The first-order valence-electron chi connectivity index (χ1n) is 12.4. The number of halogens is 1. The molecule has 2 heterocycles. The van der Waals surface area contributed by atoms with Crippen LogP contribution in [0.3, 0.4) is 0 Å². The summed E-state index contributed by atoms with van der Waals surface area (Å²) in [5, 5.41) is 0. The van der Waals surface area contributed by atoms with E-state index in [-0.39, 0.29) is 36.2 Å². The van der Waals surface area contributed by atoms with Gasteiger partial charge >= 0.3 is 5.97 Å². The summed E-state index contributed by atoms with van der Waals surface area (Å²) in [6.07, 6.45) is 0.131. The number of nitrogens with zero attached hydrogens (tertiary/aromatic N) is 3. The molecule has 9 heteroatoms. The van der Waals surface area contributed by atoms with Crippen molar-refractivity contribution in [1.29, 1.82) is 0 Å². The van der Waals surface area contributed by atoms with Gasteiger partial charge in [0.2, 0.25) is 5.91 Å². The van der Waals surface area contributed by atoms with Gasteiger partial charge in [-0.15, -0.1) is 0 Å². The van der Waals surface area contributed by atoms with Crippen LogP contribution in [0.2, 0.25) is 0 Å². The SMILES string of the molecule is O=C(COC(=O)c1ccc(N2C(=O)CC(N3CCN(c4ccccc4)CC3)C2=O)cc1)c1ccc(Br)cc1. The number of imide groups is 1. The minimum Gasteiger partial charge on any atom is -0.454 e. The molecule has 5 rings (SSSR count). The van der Waals surface area contributed by atoms with Gasteiger partial charge in [0, 0.05) is 41.9 Å². The number of hydrogen-bond acceptors (Lipinski definition) is 7. The Kier molecular flexibility index (Phi) is 7.67. The summed E-state index contributed by atoms with van der Waals surface area (Å²) in [6.45, 7) is 2.56. The lowest BCUT2D eigenvalue weighted by molar-refractivity contribution is -0.123. The van der Waals surface area contributed by atoms with E-state index >= 15 is 0 Å². The molecule has 8 nitrogen and oxygen atoms in total. The largest absolute Gasteiger partial charge is 0.454 e. The maximum Gasteiger partial charge on any atom is 0.338 e. The number of Topliss-reactive ketones (excluding diaryl/α,β-unsaturated/α-hetero) is 1. The first kappa shape index (κ1) is 25.8. The van der Waals surface area contributed by atoms with Crippen molar-refractivity contribution in [2.45, 2.75) is 12.5 Å². The Morgan fingerprint density at radius 1 is 0.789 bits per heavy atom. The Hall–Kier alpha value is -3.82. The van der Waals surface area contributed by atoms with E-state index in [0.29, 0.717) is 24.3 Å². The molecule has 1 atom stereocenters. The minimum absolute atomic E-state index is 0.131. The second kappa shape index (κ2) is 11.3. The molecule has 0 bridgehead atoms. The van der Waals surface area contributed by atoms with Crippen molar-refractivity contribution in [1.82, 2.24) is 4.90 Å². The molecule has 0 aromatic heterocycles. The maximum absolute atomic E-state index is 13.2. The van der Waals surface area contributed by atoms with Gasteiger partial charge < -0.3 is 9.64 Å². The van der Waals surface area contributed by atoms with Crippen molar-refractivity contribution in [3.8, 4) is 0 Å². The van der Waals surface area contributed by atoms with E-state index in [1.54, 1.807) is 36.4 Å². The van der Waals surface area contributed by atoms with Crippen LogP contribution in [-0.4, -0.2) is 67.3 Å². The summed E-state index contributed by atoms with van der Waals surface area (Å²) in [6, 6.07) is 22.5. The van der Waals surface area contributed by atoms with E-state index < -0.39 is 12.0 Å². The second-order valence-corrected chi connectivity index (χ2v) is 10.1. The second-order valence-electron chi connectivity index (χ2n) is 9.20. The molecule has 1 unspecified atom stereocenters. The van der Waals surface area contributed by atoms with Crippen molar-refractivity contribution in [3.05, 3.63) is 94.5 Å². The third-order valence-corrected chi connectivity index (χ3v) is 7.39. The van der Waals surface area contributed by atoms with Crippen LogP contribution < -0.4 is 9.80 Å². The van der Waals surface area contributed by atoms with Gasteiger partial charge in [0.25, 0.3) is 5.91 Å². The molecule has 0 N–H and O–H groups in total. The monoisotopic (exact) mass is 575 g/mol. The van der Waals surface area contributed by atoms with Crippen LogP contribution in [0, 0.1) is 0 Å². The zero-order valence-electron chi connectivity index (χ0n) is 20.6. The number of esters is 1. The van der Waals surface area contributed by atoms with Crippen LogP contribution in [0.5, 0.6) is 0 Å². The predicted octanol–water partition coefficient (Wildman–Crippen LogP) is 3.94. The molecular weight excluding hydrogens is 550 g/mol. The number of ketones is 1. The molecular formula is C29H26BrN3O5. The summed E-state index contributed by atoms with van der Waals surface area (Å²) in [5.74, 6) is -1.49. The third kappa shape index (κ3) is 5.54. The number of carbonyl (C=O) groups is 4. The Morgan fingerprint density at radius 2 is 1.42 bits per heavy atom. The van der Waals surface area contributed by atoms with Crippen LogP contribution in [0.4, 0.5) is 11.4 Å². The van der Waals surface area contributed by atoms with Crippen LogP contribution in [0.15, 0.2) is 83.3 Å². The van der Waals surface area contributed by atoms with Gasteiger partial charge in [0.1, 0.15) is 0 Å². The number of piperazine rings is 1. The Balaban J connectivity index is 1.17. The zero-order chi connectivity index (χ0) is 26.6. The fraction of sp³-hybridized carbons (Fsp3) is 0.241. The highest BCUT2D eigenvalue weighted by Gasteiger charge is 2.43. The predicted molar refractivity (Wildman–Crippen MR) is 146 cm³/mol. The molecule has 3 aromatic carbocycles. The van der Waals surface area contributed by atoms with Gasteiger partial charge in [-0.1, -0.05) is 46.3 Å². The average molecular weight is 576 g/mol. The molecule has 0 aliphatic carbocycles. The highest BCUT2D eigenvalue weighted by Crippen LogP contribution is 2.27. The van der Waals surface area contributed by atoms with E-state index in [0.717, 1.165) is 23.2 Å². The number of hydrogen-bond donors (Lipinski definition) is 0. The number of amides is 2. The van der Waals surface area contributed by atoms with Crippen LogP contribution in [0.1, 0.15) is 27.1 Å². The van der Waals surface area contributed by atoms with E-state index in [1.807, 2.05) is 18.2 Å². The fourth-order valence-corrected chi connectivity index (χ4v) is 5.05. The van der Waals surface area contributed by atoms with Crippen LogP contribution >= 0.6 is 15.9 Å². The van der Waals surface area contributed by atoms with Crippen molar-refractivity contribution in [2.24, 2.45) is 0 Å². The third-order valence-electron chi connectivity index (χ3n) is 6.86. The first-order chi connectivity index (χ1) is 18.4. The zero-order valence-corrected chi connectivity index (χ0v) is 22.2. The van der Waals surface area contributed by atoms with Gasteiger partial charge in [0.15, 0.2) is 12.4 Å². The molecule has 2 amide bonds. The van der Waals surface area contributed by atoms with Crippen molar-refractivity contribution in [2.75, 3.05) is 42.6 Å². The molecule has 194 valence electrons. The lowest BCUT2D eigenvalue weighted by Crippen LogP contribution is -2.52. The standard InChI is InChI=1S/C29H26BrN3O5/c30-22-10-6-20(7-11-22)26(34)19-38-29(37)21-8-12-24(13-9-21)33-27(35)18-25(28(33)36)32-16-14-31(15-17-32)23-4-2-1-3-5-23/h1-13,25H,14-19H2. The summed E-state index contributed by atoms with van der Waals surface area (Å²) in [4.78, 5) is 56.3. The van der Waals surface area contributed by atoms with Crippen LogP contribution in [0.25, 0.3) is 0 Å². The molecule has 2 saturated heterocycles. The normalized spacial score (nSPS) is 18.1. The summed E-state index contributed by atoms with van der Waals surface area (Å²) < 4.78 is 6.01. The number of para-hydroxylation sites is 1. The Morgan fingerprint density at radius 3 is 2.08 bits per heavy atom. The molecule has 38 heavy (non-hydrogen) atoms. The topological polar surface area (TPSA) is 87.2 Å². The van der Waals surface area contributed by atoms with Crippen molar-refractivity contribution < 1.29 is 23.9 Å². The molecule has 3 aromatic rings. The minimum atomic E-state index is -0.657. The van der Waals surface area contributed by atoms with Gasteiger partial charge in [-0.3, -0.25) is 19.3 Å². The number of rotatable bonds is 7. The van der Waals surface area contributed by atoms with E-state index in [4.69, 9.17) is 4.74 Å².